The van der Waals surface area contributed by atoms with Gasteiger partial charge in [0.15, 0.2) is 0 Å². The Labute approximate surface area is 115 Å². The number of para-hydroxylation sites is 1. The zero-order valence-corrected chi connectivity index (χ0v) is 11.2. The summed E-state index contributed by atoms with van der Waals surface area (Å²) in [6.07, 6.45) is -0.878. The van der Waals surface area contributed by atoms with Gasteiger partial charge >= 0.3 is 6.18 Å². The highest BCUT2D eigenvalue weighted by molar-refractivity contribution is 6.00. The number of benzene rings is 1. The van der Waals surface area contributed by atoms with Gasteiger partial charge in [-0.3, -0.25) is 4.79 Å². The molecule has 1 aliphatic carbocycles. The predicted molar refractivity (Wildman–Crippen MR) is 70.2 cm³/mol. The van der Waals surface area contributed by atoms with Gasteiger partial charge in [-0.2, -0.15) is 13.2 Å². The van der Waals surface area contributed by atoms with Crippen LogP contribution in [0, 0.1) is 0 Å². The molecule has 0 saturated heterocycles. The highest BCUT2D eigenvalue weighted by Crippen LogP contribution is 2.35. The Balaban J connectivity index is 2.27. The number of alkyl halides is 3. The van der Waals surface area contributed by atoms with Crippen LogP contribution in [0.5, 0.6) is 0 Å². The summed E-state index contributed by atoms with van der Waals surface area (Å²) < 4.78 is 38.3. The quantitative estimate of drug-likeness (QED) is 0.819. The number of halogens is 3. The van der Waals surface area contributed by atoms with Gasteiger partial charge in [0.2, 0.25) is 0 Å². The maximum Gasteiger partial charge on any atom is 0.418 e. The molecule has 1 aromatic rings. The van der Waals surface area contributed by atoms with E-state index in [1.165, 1.54) is 12.1 Å². The van der Waals surface area contributed by atoms with Crippen LogP contribution in [-0.2, 0) is 6.18 Å². The number of hydrogen-bond acceptors (Lipinski definition) is 2. The van der Waals surface area contributed by atoms with E-state index < -0.39 is 23.3 Å². The lowest BCUT2D eigenvalue weighted by Crippen LogP contribution is -2.43. The molecule has 0 heterocycles. The van der Waals surface area contributed by atoms with Crippen molar-refractivity contribution in [3.8, 4) is 0 Å². The summed E-state index contributed by atoms with van der Waals surface area (Å²) in [7, 11) is 0. The second-order valence-corrected chi connectivity index (χ2v) is 5.49. The highest BCUT2D eigenvalue weighted by atomic mass is 19.4. The minimum Gasteiger partial charge on any atom is -0.398 e. The largest absolute Gasteiger partial charge is 0.418 e. The van der Waals surface area contributed by atoms with Gasteiger partial charge in [-0.15, -0.1) is 0 Å². The first kappa shape index (κ1) is 14.7. The Bertz CT molecular complexity index is 520. The summed E-state index contributed by atoms with van der Waals surface area (Å²) in [5, 5.41) is 2.80. The summed E-state index contributed by atoms with van der Waals surface area (Å²) in [5.74, 6) is -0.544. The van der Waals surface area contributed by atoms with Gasteiger partial charge < -0.3 is 11.1 Å². The van der Waals surface area contributed by atoms with Crippen LogP contribution in [0.15, 0.2) is 18.2 Å². The molecule has 1 saturated carbocycles. The van der Waals surface area contributed by atoms with Crippen molar-refractivity contribution in [3.63, 3.8) is 0 Å². The Morgan fingerprint density at radius 2 is 1.90 bits per heavy atom. The fourth-order valence-electron chi connectivity index (χ4n) is 2.63. The minimum atomic E-state index is -4.56. The number of rotatable bonds is 2. The Morgan fingerprint density at radius 1 is 1.30 bits per heavy atom. The molecule has 0 aromatic heterocycles. The first-order valence-electron chi connectivity index (χ1n) is 6.51. The van der Waals surface area contributed by atoms with E-state index in [1.807, 2.05) is 6.92 Å². The smallest absolute Gasteiger partial charge is 0.398 e. The highest BCUT2D eigenvalue weighted by Gasteiger charge is 2.35. The van der Waals surface area contributed by atoms with Crippen LogP contribution in [0.1, 0.15) is 48.5 Å². The second-order valence-electron chi connectivity index (χ2n) is 5.49. The molecule has 0 aliphatic heterocycles. The number of nitrogens with two attached hydrogens (primary N) is 1. The zero-order valence-electron chi connectivity index (χ0n) is 11.2. The monoisotopic (exact) mass is 286 g/mol. The summed E-state index contributed by atoms with van der Waals surface area (Å²) in [4.78, 5) is 12.1. The summed E-state index contributed by atoms with van der Waals surface area (Å²) in [6.45, 7) is 1.90. The van der Waals surface area contributed by atoms with Crippen LogP contribution in [0.2, 0.25) is 0 Å². The van der Waals surface area contributed by atoms with Crippen LogP contribution in [0.4, 0.5) is 18.9 Å². The molecule has 6 heteroatoms. The molecule has 0 unspecified atom stereocenters. The van der Waals surface area contributed by atoms with E-state index >= 15 is 0 Å². The molecule has 0 atom stereocenters. The number of nitrogen functional groups attached to an aromatic ring is 1. The van der Waals surface area contributed by atoms with E-state index in [1.54, 1.807) is 0 Å². The van der Waals surface area contributed by atoms with Crippen molar-refractivity contribution in [2.24, 2.45) is 0 Å². The maximum atomic E-state index is 12.8. The molecule has 3 nitrogen and oxygen atoms in total. The van der Waals surface area contributed by atoms with Crippen molar-refractivity contribution in [3.05, 3.63) is 29.3 Å². The molecule has 0 bridgehead atoms. The number of carbonyl (C=O) groups excluding carboxylic acids is 1. The van der Waals surface area contributed by atoms with Gasteiger partial charge in [-0.1, -0.05) is 18.9 Å². The molecule has 0 radical (unpaired) electrons. The summed E-state index contributed by atoms with van der Waals surface area (Å²) in [5.41, 5.74) is 3.55. The molecule has 2 rings (SSSR count). The first-order chi connectivity index (χ1) is 9.23. The number of nitrogens with one attached hydrogen (secondary N) is 1. The average Bonchev–Trinajstić information content (AvgIpc) is 2.74. The molecular formula is C14H17F3N2O. The normalized spacial score (nSPS) is 18.0. The molecule has 0 spiro atoms. The van der Waals surface area contributed by atoms with Crippen LogP contribution < -0.4 is 11.1 Å². The topological polar surface area (TPSA) is 55.1 Å². The average molecular weight is 286 g/mol. The Hall–Kier alpha value is -1.72. The van der Waals surface area contributed by atoms with Crippen molar-refractivity contribution < 1.29 is 18.0 Å². The standard InChI is InChI=1S/C14H17F3N2O/c1-13(7-2-3-8-13)19-12(20)9-5-4-6-10(11(9)18)14(15,16)17/h4-6H,2-3,7-8,18H2,1H3,(H,19,20). The van der Waals surface area contributed by atoms with E-state index in [0.29, 0.717) is 0 Å². The van der Waals surface area contributed by atoms with Gasteiger partial charge in [0.05, 0.1) is 16.8 Å². The maximum absolute atomic E-state index is 12.8. The molecule has 1 amide bonds. The van der Waals surface area contributed by atoms with Crippen molar-refractivity contribution in [2.45, 2.75) is 44.3 Å². The van der Waals surface area contributed by atoms with Gasteiger partial charge in [0, 0.05) is 5.54 Å². The number of hydrogen-bond donors (Lipinski definition) is 2. The Kier molecular flexibility index (Phi) is 3.67. The molecule has 20 heavy (non-hydrogen) atoms. The van der Waals surface area contributed by atoms with Crippen molar-refractivity contribution in [1.29, 1.82) is 0 Å². The van der Waals surface area contributed by atoms with E-state index in [-0.39, 0.29) is 11.1 Å². The van der Waals surface area contributed by atoms with E-state index in [0.717, 1.165) is 31.7 Å². The Morgan fingerprint density at radius 3 is 2.45 bits per heavy atom. The summed E-state index contributed by atoms with van der Waals surface area (Å²) >= 11 is 0. The molecule has 3 N–H and O–H groups in total. The number of amides is 1. The van der Waals surface area contributed by atoms with Crippen molar-refractivity contribution in [1.82, 2.24) is 5.32 Å². The zero-order chi connectivity index (χ0) is 15.0. The van der Waals surface area contributed by atoms with Crippen LogP contribution >= 0.6 is 0 Å². The number of anilines is 1. The fourth-order valence-corrected chi connectivity index (χ4v) is 2.63. The van der Waals surface area contributed by atoms with Gasteiger partial charge in [0.1, 0.15) is 0 Å². The van der Waals surface area contributed by atoms with Crippen LogP contribution in [0.25, 0.3) is 0 Å². The molecule has 1 aromatic carbocycles. The third-order valence-corrected chi connectivity index (χ3v) is 3.78. The molecule has 1 aliphatic rings. The van der Waals surface area contributed by atoms with E-state index in [2.05, 4.69) is 5.32 Å². The van der Waals surface area contributed by atoms with Gasteiger partial charge in [-0.05, 0) is 31.9 Å². The second kappa shape index (κ2) is 5.00. The molecular weight excluding hydrogens is 269 g/mol. The SMILES string of the molecule is CC1(NC(=O)c2cccc(C(F)(F)F)c2N)CCCC1. The van der Waals surface area contributed by atoms with Crippen molar-refractivity contribution in [2.75, 3.05) is 5.73 Å². The van der Waals surface area contributed by atoms with Crippen LogP contribution in [-0.4, -0.2) is 11.4 Å². The summed E-state index contributed by atoms with van der Waals surface area (Å²) in [6, 6.07) is 3.40. The van der Waals surface area contributed by atoms with E-state index in [9.17, 15) is 18.0 Å². The third-order valence-electron chi connectivity index (χ3n) is 3.78. The molecule has 110 valence electrons. The predicted octanol–water partition coefficient (Wildman–Crippen LogP) is 3.35. The molecule has 1 fully saturated rings. The first-order valence-corrected chi connectivity index (χ1v) is 6.51. The number of carbonyl (C=O) groups is 1. The third kappa shape index (κ3) is 2.89. The lowest BCUT2D eigenvalue weighted by molar-refractivity contribution is -0.136. The van der Waals surface area contributed by atoms with Crippen LogP contribution in [0.3, 0.4) is 0 Å². The lowest BCUT2D eigenvalue weighted by atomic mass is 9.99. The van der Waals surface area contributed by atoms with Crippen molar-refractivity contribution >= 4 is 11.6 Å². The van der Waals surface area contributed by atoms with E-state index in [4.69, 9.17) is 5.73 Å². The lowest BCUT2D eigenvalue weighted by Gasteiger charge is -2.26. The van der Waals surface area contributed by atoms with Gasteiger partial charge in [-0.25, -0.2) is 0 Å². The fraction of sp³-hybridized carbons (Fsp3) is 0.500. The minimum absolute atomic E-state index is 0.118. The van der Waals surface area contributed by atoms with Gasteiger partial charge in [0.25, 0.3) is 5.91 Å².